The van der Waals surface area contributed by atoms with Gasteiger partial charge < -0.3 is 10.0 Å². The molecule has 1 aliphatic rings. The fraction of sp³-hybridized carbons (Fsp3) is 0.412. The normalized spacial score (nSPS) is 21.8. The Hall–Kier alpha value is -2.15. The van der Waals surface area contributed by atoms with Crippen molar-refractivity contribution in [1.29, 1.82) is 0 Å². The molecule has 128 valence electrons. The highest BCUT2D eigenvalue weighted by Gasteiger charge is 2.35. The number of aromatic nitrogens is 2. The highest BCUT2D eigenvalue weighted by molar-refractivity contribution is 5.58. The Labute approximate surface area is 138 Å². The molecule has 1 fully saturated rings. The van der Waals surface area contributed by atoms with Crippen LogP contribution in [0.25, 0.3) is 11.4 Å². The van der Waals surface area contributed by atoms with Gasteiger partial charge in [-0.25, -0.2) is 9.97 Å². The van der Waals surface area contributed by atoms with E-state index in [-0.39, 0.29) is 17.6 Å². The first kappa shape index (κ1) is 16.7. The lowest BCUT2D eigenvalue weighted by molar-refractivity contribution is -0.141. The van der Waals surface area contributed by atoms with Crippen molar-refractivity contribution in [2.24, 2.45) is 5.92 Å². The second-order valence-electron chi connectivity index (χ2n) is 6.08. The van der Waals surface area contributed by atoms with Gasteiger partial charge in [0, 0.05) is 24.7 Å². The molecule has 24 heavy (non-hydrogen) atoms. The molecule has 0 amide bonds. The monoisotopic (exact) mass is 337 g/mol. The van der Waals surface area contributed by atoms with E-state index in [4.69, 9.17) is 0 Å². The van der Waals surface area contributed by atoms with Crippen LogP contribution in [0.2, 0.25) is 0 Å². The lowest BCUT2D eigenvalue weighted by Crippen LogP contribution is -2.42. The minimum absolute atomic E-state index is 0.0248. The Morgan fingerprint density at radius 1 is 1.17 bits per heavy atom. The van der Waals surface area contributed by atoms with Crippen LogP contribution in [0.1, 0.15) is 19.0 Å². The molecule has 2 unspecified atom stereocenters. The third-order valence-corrected chi connectivity index (χ3v) is 4.22. The zero-order valence-electron chi connectivity index (χ0n) is 13.2. The van der Waals surface area contributed by atoms with E-state index in [2.05, 4.69) is 9.97 Å². The molecule has 1 saturated heterocycles. The summed E-state index contributed by atoms with van der Waals surface area (Å²) in [5.41, 5.74) is -0.417. The molecular weight excluding hydrogens is 319 g/mol. The van der Waals surface area contributed by atoms with Crippen LogP contribution in [0, 0.1) is 5.92 Å². The van der Waals surface area contributed by atoms with Gasteiger partial charge in [0.2, 0.25) is 0 Å². The van der Waals surface area contributed by atoms with Crippen LogP contribution in [-0.4, -0.2) is 34.3 Å². The maximum Gasteiger partial charge on any atom is 0.433 e. The van der Waals surface area contributed by atoms with Crippen molar-refractivity contribution < 1.29 is 18.3 Å². The number of alkyl halides is 3. The number of piperidine rings is 1. The van der Waals surface area contributed by atoms with Crippen LogP contribution in [0.5, 0.6) is 0 Å². The predicted octanol–water partition coefficient (Wildman–Crippen LogP) is 3.37. The highest BCUT2D eigenvalue weighted by atomic mass is 19.4. The van der Waals surface area contributed by atoms with Gasteiger partial charge in [-0.15, -0.1) is 0 Å². The van der Waals surface area contributed by atoms with Gasteiger partial charge in [0.25, 0.3) is 0 Å². The van der Waals surface area contributed by atoms with Gasteiger partial charge >= 0.3 is 6.18 Å². The summed E-state index contributed by atoms with van der Waals surface area (Å²) in [6.07, 6.45) is -4.46. The molecule has 1 N–H and O–H groups in total. The van der Waals surface area contributed by atoms with Crippen LogP contribution in [0.4, 0.5) is 19.0 Å². The molecule has 7 heteroatoms. The first-order chi connectivity index (χ1) is 11.3. The predicted molar refractivity (Wildman–Crippen MR) is 84.5 cm³/mol. The van der Waals surface area contributed by atoms with Crippen molar-refractivity contribution >= 4 is 5.82 Å². The van der Waals surface area contributed by atoms with Gasteiger partial charge in [0.05, 0.1) is 6.10 Å². The standard InChI is InChI=1S/C17H18F3N3O/c1-11-10-23(8-7-13(11)24)15-9-14(17(18,19)20)21-16(22-15)12-5-3-2-4-6-12/h2-6,9,11,13,24H,7-8,10H2,1H3. The number of hydrogen-bond donors (Lipinski definition) is 1. The number of anilines is 1. The molecule has 2 aromatic rings. The number of benzene rings is 1. The topological polar surface area (TPSA) is 49.2 Å². The van der Waals surface area contributed by atoms with Gasteiger partial charge in [-0.3, -0.25) is 0 Å². The van der Waals surface area contributed by atoms with Crippen LogP contribution in [0.3, 0.4) is 0 Å². The molecule has 0 aliphatic carbocycles. The summed E-state index contributed by atoms with van der Waals surface area (Å²) in [6.45, 7) is 2.80. The Kier molecular flexibility index (Phi) is 4.45. The summed E-state index contributed by atoms with van der Waals surface area (Å²) in [5, 5.41) is 9.82. The highest BCUT2D eigenvalue weighted by Crippen LogP contribution is 2.32. The van der Waals surface area contributed by atoms with E-state index in [0.29, 0.717) is 25.1 Å². The Morgan fingerprint density at radius 2 is 1.88 bits per heavy atom. The Balaban J connectivity index is 2.03. The summed E-state index contributed by atoms with van der Waals surface area (Å²) in [6, 6.07) is 9.60. The van der Waals surface area contributed by atoms with Crippen molar-refractivity contribution in [2.75, 3.05) is 18.0 Å². The third kappa shape index (κ3) is 3.51. The SMILES string of the molecule is CC1CN(c2cc(C(F)(F)F)nc(-c3ccccc3)n2)CCC1O. The molecule has 1 aromatic carbocycles. The van der Waals surface area contributed by atoms with E-state index in [1.807, 2.05) is 6.92 Å². The Morgan fingerprint density at radius 3 is 2.50 bits per heavy atom. The smallest absolute Gasteiger partial charge is 0.393 e. The number of hydrogen-bond acceptors (Lipinski definition) is 4. The number of nitrogens with zero attached hydrogens (tertiary/aromatic N) is 3. The maximum atomic E-state index is 13.2. The minimum atomic E-state index is -4.54. The zero-order chi connectivity index (χ0) is 17.3. The van der Waals surface area contributed by atoms with E-state index in [9.17, 15) is 18.3 Å². The zero-order valence-corrected chi connectivity index (χ0v) is 13.2. The summed E-state index contributed by atoms with van der Waals surface area (Å²) in [7, 11) is 0. The fourth-order valence-corrected chi connectivity index (χ4v) is 2.80. The number of halogens is 3. The lowest BCUT2D eigenvalue weighted by Gasteiger charge is -2.35. The molecule has 3 rings (SSSR count). The van der Waals surface area contributed by atoms with E-state index in [0.717, 1.165) is 6.07 Å². The quantitative estimate of drug-likeness (QED) is 0.913. The number of aliphatic hydroxyl groups excluding tert-OH is 1. The van der Waals surface area contributed by atoms with Gasteiger partial charge in [0.15, 0.2) is 11.5 Å². The molecule has 0 spiro atoms. The average molecular weight is 337 g/mol. The molecular formula is C17H18F3N3O. The van der Waals surface area contributed by atoms with Gasteiger partial charge in [0.1, 0.15) is 5.82 Å². The fourth-order valence-electron chi connectivity index (χ4n) is 2.80. The van der Waals surface area contributed by atoms with E-state index < -0.39 is 18.0 Å². The second-order valence-corrected chi connectivity index (χ2v) is 6.08. The van der Waals surface area contributed by atoms with Gasteiger partial charge in [-0.1, -0.05) is 37.3 Å². The molecule has 0 saturated carbocycles. The third-order valence-electron chi connectivity index (χ3n) is 4.22. The molecule has 0 radical (unpaired) electrons. The van der Waals surface area contributed by atoms with Crippen molar-refractivity contribution in [3.05, 3.63) is 42.1 Å². The van der Waals surface area contributed by atoms with Crippen LogP contribution in [-0.2, 0) is 6.18 Å². The molecule has 1 aromatic heterocycles. The number of rotatable bonds is 2. The van der Waals surface area contributed by atoms with Crippen molar-refractivity contribution in [3.63, 3.8) is 0 Å². The molecule has 2 heterocycles. The Bertz CT molecular complexity index is 706. The van der Waals surface area contributed by atoms with E-state index >= 15 is 0 Å². The first-order valence-electron chi connectivity index (χ1n) is 7.79. The van der Waals surface area contributed by atoms with Gasteiger partial charge in [-0.05, 0) is 12.3 Å². The second kappa shape index (κ2) is 6.39. The summed E-state index contributed by atoms with van der Waals surface area (Å²) < 4.78 is 39.7. The minimum Gasteiger partial charge on any atom is -0.393 e. The van der Waals surface area contributed by atoms with Crippen molar-refractivity contribution in [2.45, 2.75) is 25.6 Å². The van der Waals surface area contributed by atoms with Crippen LogP contribution >= 0.6 is 0 Å². The van der Waals surface area contributed by atoms with Crippen molar-refractivity contribution in [3.8, 4) is 11.4 Å². The van der Waals surface area contributed by atoms with Crippen LogP contribution in [0.15, 0.2) is 36.4 Å². The molecule has 2 atom stereocenters. The maximum absolute atomic E-state index is 13.2. The summed E-state index contributed by atoms with van der Waals surface area (Å²) in [5.74, 6) is 0.275. The van der Waals surface area contributed by atoms with Gasteiger partial charge in [-0.2, -0.15) is 13.2 Å². The largest absolute Gasteiger partial charge is 0.433 e. The summed E-state index contributed by atoms with van der Waals surface area (Å²) >= 11 is 0. The van der Waals surface area contributed by atoms with E-state index in [1.165, 1.54) is 0 Å². The average Bonchev–Trinajstić information content (AvgIpc) is 2.57. The molecule has 4 nitrogen and oxygen atoms in total. The van der Waals surface area contributed by atoms with Crippen molar-refractivity contribution in [1.82, 2.24) is 9.97 Å². The van der Waals surface area contributed by atoms with E-state index in [1.54, 1.807) is 35.2 Å². The first-order valence-corrected chi connectivity index (χ1v) is 7.79. The van der Waals surface area contributed by atoms with Crippen LogP contribution < -0.4 is 4.90 Å². The molecule has 0 bridgehead atoms. The lowest BCUT2D eigenvalue weighted by atomic mass is 9.97. The summed E-state index contributed by atoms with van der Waals surface area (Å²) in [4.78, 5) is 9.80. The molecule has 1 aliphatic heterocycles. The number of aliphatic hydroxyl groups is 1.